The molecule has 9 nitrogen and oxygen atoms in total. The molecule has 1 amide bonds. The Hall–Kier alpha value is -4.11. The van der Waals surface area contributed by atoms with Gasteiger partial charge in [0.2, 0.25) is 5.91 Å². The number of nitrogens with zero attached hydrogens (tertiary/aromatic N) is 5. The Labute approximate surface area is 285 Å². The fourth-order valence-electron chi connectivity index (χ4n) is 6.51. The van der Waals surface area contributed by atoms with Crippen molar-refractivity contribution in [2.24, 2.45) is 5.92 Å². The second-order valence-corrected chi connectivity index (χ2v) is 13.2. The number of pyridine rings is 2. The maximum atomic E-state index is 15.6. The van der Waals surface area contributed by atoms with Crippen molar-refractivity contribution in [2.45, 2.75) is 52.7 Å². The molecule has 246 valence electrons. The number of fused-ring (bicyclic) bond motifs is 1. The van der Waals surface area contributed by atoms with Gasteiger partial charge in [-0.25, -0.2) is 13.8 Å². The molecular formula is C33H32Cl3F2N7O2. The molecule has 3 N–H and O–H groups in total. The first-order chi connectivity index (χ1) is 22.2. The van der Waals surface area contributed by atoms with E-state index >= 15 is 4.39 Å². The molecule has 3 atom stereocenters. The molecule has 0 radical (unpaired) electrons. The molecule has 2 aliphatic rings. The fourth-order valence-corrected chi connectivity index (χ4v) is 7.21. The summed E-state index contributed by atoms with van der Waals surface area (Å²) in [6, 6.07) is 2.55. The summed E-state index contributed by atoms with van der Waals surface area (Å²) in [5.41, 5.74) is 5.27. The molecule has 1 fully saturated rings. The van der Waals surface area contributed by atoms with Crippen LogP contribution in [0.2, 0.25) is 15.1 Å². The van der Waals surface area contributed by atoms with Crippen molar-refractivity contribution in [3.63, 3.8) is 0 Å². The third kappa shape index (κ3) is 5.52. The van der Waals surface area contributed by atoms with Gasteiger partial charge in [0.15, 0.2) is 11.6 Å². The summed E-state index contributed by atoms with van der Waals surface area (Å²) >= 11 is 19.1. The number of anilines is 2. The number of piperazine rings is 1. The molecule has 0 saturated carbocycles. The lowest BCUT2D eigenvalue weighted by Crippen LogP contribution is -2.58. The average Bonchev–Trinajstić information content (AvgIpc) is 3.02. The van der Waals surface area contributed by atoms with E-state index in [2.05, 4.69) is 18.0 Å². The Balaban J connectivity index is 1.92. The normalized spacial score (nSPS) is 19.7. The number of amides is 1. The standard InChI is InChI=1S/C33H32Cl3F2N7O2/c1-7-21(46)44-16(5)12-43(13-17(44)6)31-18-10-20(34)29(22-23(35)27(40)26(38)24(36)25(22)37)42-32(18)45(33(47)19(31)11-39)30-15(4)8-9-41-28(30)14(2)3/h7-10,14,16-17,28,41H,1,12-13,40H2,2-6H3/t16-,17+,28?. The van der Waals surface area contributed by atoms with E-state index in [1.165, 1.54) is 16.7 Å². The predicted octanol–water partition coefficient (Wildman–Crippen LogP) is 6.74. The Morgan fingerprint density at radius 3 is 2.40 bits per heavy atom. The smallest absolute Gasteiger partial charge is 0.276 e. The number of benzene rings is 1. The highest BCUT2D eigenvalue weighted by Gasteiger charge is 2.36. The highest BCUT2D eigenvalue weighted by molar-refractivity contribution is 6.39. The number of rotatable bonds is 5. The second kappa shape index (κ2) is 12.8. The average molecular weight is 703 g/mol. The zero-order chi connectivity index (χ0) is 34.6. The molecule has 0 aliphatic carbocycles. The molecule has 1 aromatic carbocycles. The Bertz CT molecular complexity index is 1980. The van der Waals surface area contributed by atoms with Gasteiger partial charge >= 0.3 is 0 Å². The number of nitrogen functional groups attached to an aromatic ring is 1. The lowest BCUT2D eigenvalue weighted by molar-refractivity contribution is -0.130. The first-order valence-electron chi connectivity index (χ1n) is 14.8. The quantitative estimate of drug-likeness (QED) is 0.131. The van der Waals surface area contributed by atoms with E-state index in [4.69, 9.17) is 45.5 Å². The Morgan fingerprint density at radius 1 is 1.19 bits per heavy atom. The molecule has 4 heterocycles. The van der Waals surface area contributed by atoms with Crippen LogP contribution >= 0.6 is 34.8 Å². The summed E-state index contributed by atoms with van der Waals surface area (Å²) in [6.45, 7) is 13.6. The molecule has 1 unspecified atom stereocenters. The summed E-state index contributed by atoms with van der Waals surface area (Å²) in [5.74, 6) is -2.73. The SMILES string of the molecule is C=CC(=O)N1[C@H](C)CN(c2c(C#N)c(=O)n(C3=C(C)C=CNC3C(C)C)c3nc(-c4c(F)c(Cl)c(F)c(N)c4Cl)c(Cl)cc23)C[C@@H]1C. The van der Waals surface area contributed by atoms with Gasteiger partial charge in [-0.1, -0.05) is 55.2 Å². The van der Waals surface area contributed by atoms with Crippen LogP contribution in [0.15, 0.2) is 41.4 Å². The number of nitrogens with two attached hydrogens (primary N) is 1. The number of halogens is 5. The summed E-state index contributed by atoms with van der Waals surface area (Å²) in [5, 5.41) is 12.6. The van der Waals surface area contributed by atoms with E-state index in [9.17, 15) is 19.2 Å². The van der Waals surface area contributed by atoms with Crippen LogP contribution in [-0.2, 0) is 4.79 Å². The zero-order valence-corrected chi connectivity index (χ0v) is 28.5. The van der Waals surface area contributed by atoms with Gasteiger partial charge < -0.3 is 20.9 Å². The van der Waals surface area contributed by atoms with Gasteiger partial charge in [0.05, 0.1) is 44.4 Å². The second-order valence-electron chi connectivity index (χ2n) is 12.1. The molecule has 2 aliphatic heterocycles. The van der Waals surface area contributed by atoms with E-state index in [1.807, 2.05) is 39.5 Å². The van der Waals surface area contributed by atoms with E-state index < -0.39 is 38.5 Å². The van der Waals surface area contributed by atoms with Gasteiger partial charge in [-0.2, -0.15) is 5.26 Å². The summed E-state index contributed by atoms with van der Waals surface area (Å²) < 4.78 is 31.5. The monoisotopic (exact) mass is 701 g/mol. The number of hydrogen-bond acceptors (Lipinski definition) is 7. The van der Waals surface area contributed by atoms with Crippen molar-refractivity contribution in [3.8, 4) is 17.3 Å². The lowest BCUT2D eigenvalue weighted by Gasteiger charge is -2.45. The van der Waals surface area contributed by atoms with Crippen molar-refractivity contribution in [2.75, 3.05) is 23.7 Å². The number of nitrogens with one attached hydrogen (secondary N) is 1. The number of aromatic nitrogens is 2. The zero-order valence-electron chi connectivity index (χ0n) is 26.3. The summed E-state index contributed by atoms with van der Waals surface area (Å²) in [4.78, 5) is 35.5. The van der Waals surface area contributed by atoms with Crippen LogP contribution in [0, 0.1) is 28.9 Å². The third-order valence-corrected chi connectivity index (χ3v) is 9.61. The number of allylic oxidation sites excluding steroid dienone is 2. The van der Waals surface area contributed by atoms with Crippen LogP contribution in [0.4, 0.5) is 20.2 Å². The van der Waals surface area contributed by atoms with Crippen molar-refractivity contribution in [1.29, 1.82) is 5.26 Å². The molecule has 2 aromatic heterocycles. The first kappa shape index (κ1) is 34.2. The van der Waals surface area contributed by atoms with Gasteiger partial charge in [-0.3, -0.25) is 14.2 Å². The van der Waals surface area contributed by atoms with Gasteiger partial charge in [0.25, 0.3) is 5.56 Å². The van der Waals surface area contributed by atoms with Crippen LogP contribution in [0.3, 0.4) is 0 Å². The van der Waals surface area contributed by atoms with Crippen molar-refractivity contribution < 1.29 is 13.6 Å². The van der Waals surface area contributed by atoms with Gasteiger partial charge in [0, 0.05) is 30.6 Å². The first-order valence-corrected chi connectivity index (χ1v) is 15.9. The summed E-state index contributed by atoms with van der Waals surface area (Å²) in [6.07, 6.45) is 4.81. The number of hydrogen-bond donors (Lipinski definition) is 2. The largest absolute Gasteiger partial charge is 0.395 e. The number of nitriles is 1. The van der Waals surface area contributed by atoms with Crippen molar-refractivity contribution in [1.82, 2.24) is 19.8 Å². The Morgan fingerprint density at radius 2 is 1.83 bits per heavy atom. The molecule has 5 rings (SSSR count). The maximum absolute atomic E-state index is 15.6. The highest BCUT2D eigenvalue weighted by atomic mass is 35.5. The van der Waals surface area contributed by atoms with Crippen molar-refractivity contribution >= 4 is 68.8 Å². The minimum atomic E-state index is -1.23. The highest BCUT2D eigenvalue weighted by Crippen LogP contribution is 2.44. The van der Waals surface area contributed by atoms with Crippen LogP contribution in [-0.4, -0.2) is 51.6 Å². The Kier molecular flexibility index (Phi) is 9.34. The van der Waals surface area contributed by atoms with Crippen molar-refractivity contribution in [3.05, 3.63) is 79.2 Å². The van der Waals surface area contributed by atoms with Gasteiger partial charge in [0.1, 0.15) is 22.3 Å². The predicted molar refractivity (Wildman–Crippen MR) is 183 cm³/mol. The molecule has 3 aromatic rings. The minimum absolute atomic E-state index is 0.0244. The van der Waals surface area contributed by atoms with E-state index in [0.29, 0.717) is 11.1 Å². The topological polar surface area (TPSA) is 120 Å². The third-order valence-electron chi connectivity index (χ3n) is 8.60. The van der Waals surface area contributed by atoms with E-state index in [0.717, 1.165) is 5.57 Å². The number of dihydropyridines is 1. The van der Waals surface area contributed by atoms with E-state index in [-0.39, 0.29) is 70.7 Å². The van der Waals surface area contributed by atoms with Crippen LogP contribution in [0.5, 0.6) is 0 Å². The molecular weight excluding hydrogens is 671 g/mol. The van der Waals surface area contributed by atoms with E-state index in [1.54, 1.807) is 17.2 Å². The molecule has 0 bridgehead atoms. The molecule has 1 saturated heterocycles. The molecule has 14 heteroatoms. The summed E-state index contributed by atoms with van der Waals surface area (Å²) in [7, 11) is 0. The minimum Gasteiger partial charge on any atom is -0.395 e. The number of carbonyl (C=O) groups excluding carboxylic acids is 1. The van der Waals surface area contributed by atoms with Gasteiger partial charge in [-0.15, -0.1) is 0 Å². The van der Waals surface area contributed by atoms with Gasteiger partial charge in [-0.05, 0) is 56.7 Å². The van der Waals surface area contributed by atoms with Crippen LogP contribution in [0.1, 0.15) is 40.2 Å². The maximum Gasteiger partial charge on any atom is 0.276 e. The fraction of sp³-hybridized carbons (Fsp3) is 0.333. The lowest BCUT2D eigenvalue weighted by atomic mass is 9.94. The molecule has 0 spiro atoms. The van der Waals surface area contributed by atoms with Crippen LogP contribution in [0.25, 0.3) is 28.0 Å². The number of carbonyl (C=O) groups is 1. The van der Waals surface area contributed by atoms with Crippen LogP contribution < -0.4 is 21.5 Å². The molecule has 47 heavy (non-hydrogen) atoms.